The molecule has 1 fully saturated rings. The number of piperazine rings is 1. The van der Waals surface area contributed by atoms with E-state index in [-0.39, 0.29) is 11.7 Å². The number of ketones is 1. The lowest BCUT2D eigenvalue weighted by atomic mass is 10.1. The fourth-order valence-electron chi connectivity index (χ4n) is 3.17. The second kappa shape index (κ2) is 10.0. The Kier molecular flexibility index (Phi) is 7.17. The summed E-state index contributed by atoms with van der Waals surface area (Å²) in [6.45, 7) is 7.05. The van der Waals surface area contributed by atoms with Crippen LogP contribution in [0, 0.1) is 0 Å². The molecule has 0 radical (unpaired) electrons. The van der Waals surface area contributed by atoms with Gasteiger partial charge in [0.1, 0.15) is 12.4 Å². The molecule has 3 rings (SSSR count). The molecule has 0 aliphatic carbocycles. The summed E-state index contributed by atoms with van der Waals surface area (Å²) in [7, 11) is 0. The average molecular weight is 381 g/mol. The molecule has 0 atom stereocenters. The van der Waals surface area contributed by atoms with Crippen LogP contribution in [0.4, 0.5) is 5.69 Å². The number of Topliss-reactive ketones (excluding diaryl/α,β-unsaturated/α-hetero) is 1. The number of nitrogens with one attached hydrogen (secondary N) is 1. The molecule has 0 aromatic heterocycles. The normalized spacial score (nSPS) is 15.2. The molecule has 0 spiro atoms. The van der Waals surface area contributed by atoms with Gasteiger partial charge in [0.25, 0.3) is 0 Å². The molecule has 1 heterocycles. The molecule has 1 aliphatic heterocycles. The number of hydrogen-bond acceptors (Lipinski definition) is 5. The molecular weight excluding hydrogens is 354 g/mol. The van der Waals surface area contributed by atoms with E-state index in [0.717, 1.165) is 38.5 Å². The molecule has 0 bridgehead atoms. The quantitative estimate of drug-likeness (QED) is 0.712. The highest BCUT2D eigenvalue weighted by Crippen LogP contribution is 2.11. The third-order valence-corrected chi connectivity index (χ3v) is 4.83. The SMILES string of the molecule is CC(=O)c1ccc(NC(=O)CN2CCN(CCOc3ccccc3)CC2)cc1. The molecule has 1 saturated heterocycles. The van der Waals surface area contributed by atoms with Crippen LogP contribution in [-0.2, 0) is 4.79 Å². The summed E-state index contributed by atoms with van der Waals surface area (Å²) < 4.78 is 5.75. The Morgan fingerprint density at radius 2 is 1.57 bits per heavy atom. The summed E-state index contributed by atoms with van der Waals surface area (Å²) in [5.74, 6) is 0.885. The highest BCUT2D eigenvalue weighted by molar-refractivity contribution is 5.96. The number of ether oxygens (including phenoxy) is 1. The summed E-state index contributed by atoms with van der Waals surface area (Å²) in [6.07, 6.45) is 0. The number of hydrogen-bond donors (Lipinski definition) is 1. The van der Waals surface area contributed by atoms with Gasteiger partial charge < -0.3 is 10.1 Å². The van der Waals surface area contributed by atoms with Gasteiger partial charge in [0.05, 0.1) is 6.54 Å². The van der Waals surface area contributed by atoms with Crippen molar-refractivity contribution in [2.45, 2.75) is 6.92 Å². The second-order valence-electron chi connectivity index (χ2n) is 6.96. The smallest absolute Gasteiger partial charge is 0.238 e. The van der Waals surface area contributed by atoms with Crippen LogP contribution < -0.4 is 10.1 Å². The molecular formula is C22H27N3O3. The predicted molar refractivity (Wildman–Crippen MR) is 110 cm³/mol. The van der Waals surface area contributed by atoms with Crippen LogP contribution in [0.25, 0.3) is 0 Å². The number of carbonyl (C=O) groups is 2. The molecule has 2 aromatic carbocycles. The fourth-order valence-corrected chi connectivity index (χ4v) is 3.17. The van der Waals surface area contributed by atoms with Crippen molar-refractivity contribution in [3.63, 3.8) is 0 Å². The number of anilines is 1. The largest absolute Gasteiger partial charge is 0.492 e. The van der Waals surface area contributed by atoms with E-state index < -0.39 is 0 Å². The topological polar surface area (TPSA) is 61.9 Å². The van der Waals surface area contributed by atoms with E-state index in [0.29, 0.717) is 24.4 Å². The third kappa shape index (κ3) is 6.18. The predicted octanol–water partition coefficient (Wildman–Crippen LogP) is 2.52. The molecule has 6 heteroatoms. The molecule has 1 N–H and O–H groups in total. The van der Waals surface area contributed by atoms with Crippen LogP contribution in [0.1, 0.15) is 17.3 Å². The zero-order valence-electron chi connectivity index (χ0n) is 16.3. The first-order valence-corrected chi connectivity index (χ1v) is 9.63. The summed E-state index contributed by atoms with van der Waals surface area (Å²) in [4.78, 5) is 28.1. The van der Waals surface area contributed by atoms with Crippen LogP contribution in [0.2, 0.25) is 0 Å². The Bertz CT molecular complexity index is 769. The van der Waals surface area contributed by atoms with E-state index >= 15 is 0 Å². The molecule has 28 heavy (non-hydrogen) atoms. The minimum atomic E-state index is -0.0311. The molecule has 2 aromatic rings. The van der Waals surface area contributed by atoms with Crippen LogP contribution in [0.5, 0.6) is 5.75 Å². The van der Waals surface area contributed by atoms with Crippen molar-refractivity contribution in [2.24, 2.45) is 0 Å². The Morgan fingerprint density at radius 3 is 2.21 bits per heavy atom. The van der Waals surface area contributed by atoms with Crippen molar-refractivity contribution in [3.05, 3.63) is 60.2 Å². The number of rotatable bonds is 8. The number of para-hydroxylation sites is 1. The molecule has 0 saturated carbocycles. The number of amides is 1. The van der Waals surface area contributed by atoms with E-state index in [4.69, 9.17) is 4.74 Å². The number of nitrogens with zero attached hydrogens (tertiary/aromatic N) is 2. The van der Waals surface area contributed by atoms with E-state index in [1.54, 1.807) is 24.3 Å². The lowest BCUT2D eigenvalue weighted by molar-refractivity contribution is -0.117. The number of carbonyl (C=O) groups excluding carboxylic acids is 2. The van der Waals surface area contributed by atoms with Gasteiger partial charge in [-0.1, -0.05) is 18.2 Å². The summed E-state index contributed by atoms with van der Waals surface area (Å²) in [5, 5.41) is 2.89. The molecule has 0 unspecified atom stereocenters. The first kappa shape index (κ1) is 20.0. The van der Waals surface area contributed by atoms with Gasteiger partial charge >= 0.3 is 0 Å². The van der Waals surface area contributed by atoms with Gasteiger partial charge in [-0.25, -0.2) is 0 Å². The van der Waals surface area contributed by atoms with Crippen molar-refractivity contribution < 1.29 is 14.3 Å². The Balaban J connectivity index is 1.34. The van der Waals surface area contributed by atoms with Crippen LogP contribution in [0.3, 0.4) is 0 Å². The standard InChI is InChI=1S/C22H27N3O3/c1-18(26)19-7-9-20(10-8-19)23-22(27)17-25-13-11-24(12-14-25)15-16-28-21-5-3-2-4-6-21/h2-10H,11-17H2,1H3,(H,23,27). The Morgan fingerprint density at radius 1 is 0.929 bits per heavy atom. The van der Waals surface area contributed by atoms with Crippen molar-refractivity contribution in [2.75, 3.05) is 51.2 Å². The second-order valence-corrected chi connectivity index (χ2v) is 6.96. The molecule has 6 nitrogen and oxygen atoms in total. The molecule has 148 valence electrons. The summed E-state index contributed by atoms with van der Waals surface area (Å²) in [5.41, 5.74) is 1.36. The van der Waals surface area contributed by atoms with Crippen molar-refractivity contribution in [1.29, 1.82) is 0 Å². The minimum absolute atomic E-state index is 0.0184. The van der Waals surface area contributed by atoms with Gasteiger partial charge in [-0.2, -0.15) is 0 Å². The van der Waals surface area contributed by atoms with E-state index in [2.05, 4.69) is 15.1 Å². The molecule has 1 amide bonds. The maximum Gasteiger partial charge on any atom is 0.238 e. The Hall–Kier alpha value is -2.70. The third-order valence-electron chi connectivity index (χ3n) is 4.83. The zero-order valence-corrected chi connectivity index (χ0v) is 16.3. The minimum Gasteiger partial charge on any atom is -0.492 e. The van der Waals surface area contributed by atoms with Gasteiger partial charge in [-0.05, 0) is 43.3 Å². The van der Waals surface area contributed by atoms with E-state index in [1.807, 2.05) is 30.3 Å². The van der Waals surface area contributed by atoms with Gasteiger partial charge in [-0.15, -0.1) is 0 Å². The van der Waals surface area contributed by atoms with Gasteiger partial charge in [-0.3, -0.25) is 19.4 Å². The van der Waals surface area contributed by atoms with Crippen LogP contribution >= 0.6 is 0 Å². The Labute approximate surface area is 166 Å². The number of benzene rings is 2. The molecule has 1 aliphatic rings. The average Bonchev–Trinajstić information content (AvgIpc) is 2.70. The zero-order chi connectivity index (χ0) is 19.8. The van der Waals surface area contributed by atoms with Crippen molar-refractivity contribution >= 4 is 17.4 Å². The fraction of sp³-hybridized carbons (Fsp3) is 0.364. The highest BCUT2D eigenvalue weighted by atomic mass is 16.5. The lowest BCUT2D eigenvalue weighted by Gasteiger charge is -2.34. The van der Waals surface area contributed by atoms with Gasteiger partial charge in [0.2, 0.25) is 5.91 Å². The van der Waals surface area contributed by atoms with Crippen LogP contribution in [-0.4, -0.2) is 67.4 Å². The van der Waals surface area contributed by atoms with Gasteiger partial charge in [0, 0.05) is 44.0 Å². The maximum atomic E-state index is 12.3. The van der Waals surface area contributed by atoms with Crippen molar-refractivity contribution in [1.82, 2.24) is 9.80 Å². The van der Waals surface area contributed by atoms with E-state index in [9.17, 15) is 9.59 Å². The van der Waals surface area contributed by atoms with Gasteiger partial charge in [0.15, 0.2) is 5.78 Å². The summed E-state index contributed by atoms with van der Waals surface area (Å²) in [6, 6.07) is 16.8. The first-order chi connectivity index (χ1) is 13.6. The maximum absolute atomic E-state index is 12.3. The monoisotopic (exact) mass is 381 g/mol. The van der Waals surface area contributed by atoms with Crippen molar-refractivity contribution in [3.8, 4) is 5.75 Å². The highest BCUT2D eigenvalue weighted by Gasteiger charge is 2.18. The first-order valence-electron chi connectivity index (χ1n) is 9.63. The van der Waals surface area contributed by atoms with E-state index in [1.165, 1.54) is 6.92 Å². The summed E-state index contributed by atoms with van der Waals surface area (Å²) >= 11 is 0. The lowest BCUT2D eigenvalue weighted by Crippen LogP contribution is -2.49. The van der Waals surface area contributed by atoms with Crippen LogP contribution in [0.15, 0.2) is 54.6 Å².